The summed E-state index contributed by atoms with van der Waals surface area (Å²) in [6, 6.07) is 9.52. The third-order valence-corrected chi connectivity index (χ3v) is 5.45. The van der Waals surface area contributed by atoms with Gasteiger partial charge in [0.05, 0.1) is 11.7 Å². The molecule has 0 saturated heterocycles. The van der Waals surface area contributed by atoms with Gasteiger partial charge in [0.1, 0.15) is 22.8 Å². The second-order valence-electron chi connectivity index (χ2n) is 8.18. The normalized spacial score (nSPS) is 20.5. The third kappa shape index (κ3) is 4.74. The third-order valence-electron chi connectivity index (χ3n) is 5.45. The summed E-state index contributed by atoms with van der Waals surface area (Å²) < 4.78 is 6.19. The first-order chi connectivity index (χ1) is 14.2. The second kappa shape index (κ2) is 8.76. The molecule has 0 amide bonds. The van der Waals surface area contributed by atoms with E-state index in [0.717, 1.165) is 12.0 Å². The number of carbonyl (C=O) groups excluding carboxylic acids is 1. The highest BCUT2D eigenvalue weighted by Crippen LogP contribution is 2.42. The molecule has 2 aromatic rings. The van der Waals surface area contributed by atoms with Crippen molar-refractivity contribution in [3.8, 4) is 17.2 Å². The Balaban J connectivity index is 1.89. The number of aliphatic hydroxyl groups is 1. The van der Waals surface area contributed by atoms with E-state index < -0.39 is 11.7 Å². The van der Waals surface area contributed by atoms with Crippen LogP contribution in [0.4, 0.5) is 0 Å². The number of aliphatic hydroxyl groups excluding tert-OH is 1. The summed E-state index contributed by atoms with van der Waals surface area (Å²) in [4.78, 5) is 12.9. The molecule has 158 valence electrons. The zero-order valence-corrected chi connectivity index (χ0v) is 17.6. The van der Waals surface area contributed by atoms with Crippen molar-refractivity contribution >= 4 is 11.9 Å². The molecule has 2 aromatic carbocycles. The Morgan fingerprint density at radius 1 is 1.17 bits per heavy atom. The van der Waals surface area contributed by atoms with Gasteiger partial charge in [-0.25, -0.2) is 0 Å². The van der Waals surface area contributed by atoms with Crippen LogP contribution in [-0.2, 0) is 6.42 Å². The molecule has 5 heteroatoms. The maximum Gasteiger partial charge on any atom is 0.189 e. The van der Waals surface area contributed by atoms with Crippen molar-refractivity contribution in [2.75, 3.05) is 0 Å². The lowest BCUT2D eigenvalue weighted by Crippen LogP contribution is -2.49. The highest BCUT2D eigenvalue weighted by Gasteiger charge is 2.41. The van der Waals surface area contributed by atoms with Gasteiger partial charge >= 0.3 is 0 Å². The first-order valence-electron chi connectivity index (χ1n) is 10.1. The van der Waals surface area contributed by atoms with E-state index in [1.165, 1.54) is 17.7 Å². The number of rotatable bonds is 6. The lowest BCUT2D eigenvalue weighted by molar-refractivity contribution is -0.0595. The highest BCUT2D eigenvalue weighted by atomic mass is 16.5. The summed E-state index contributed by atoms with van der Waals surface area (Å²) in [5, 5.41) is 30.3. The van der Waals surface area contributed by atoms with Gasteiger partial charge in [-0.05, 0) is 69.5 Å². The summed E-state index contributed by atoms with van der Waals surface area (Å²) in [6.45, 7) is 5.88. The van der Waals surface area contributed by atoms with Crippen LogP contribution in [0, 0.1) is 0 Å². The van der Waals surface area contributed by atoms with Crippen molar-refractivity contribution < 1.29 is 24.9 Å². The summed E-state index contributed by atoms with van der Waals surface area (Å²) in [6.07, 6.45) is 5.95. The van der Waals surface area contributed by atoms with E-state index in [4.69, 9.17) is 4.74 Å². The number of phenolic OH excluding ortho intramolecular Hbond substituents is 2. The molecule has 0 bridgehead atoms. The monoisotopic (exact) mass is 408 g/mol. The molecule has 1 aliphatic heterocycles. The molecule has 3 N–H and O–H groups in total. The van der Waals surface area contributed by atoms with E-state index in [1.807, 2.05) is 20.8 Å². The fourth-order valence-corrected chi connectivity index (χ4v) is 3.55. The van der Waals surface area contributed by atoms with Crippen molar-refractivity contribution in [1.29, 1.82) is 0 Å². The summed E-state index contributed by atoms with van der Waals surface area (Å²) in [7, 11) is 0. The van der Waals surface area contributed by atoms with Crippen molar-refractivity contribution in [2.24, 2.45) is 0 Å². The molecule has 2 atom stereocenters. The number of hydrogen-bond donors (Lipinski definition) is 3. The van der Waals surface area contributed by atoms with Gasteiger partial charge in [0.25, 0.3) is 0 Å². The van der Waals surface area contributed by atoms with Gasteiger partial charge in [-0.1, -0.05) is 29.9 Å². The van der Waals surface area contributed by atoms with Crippen LogP contribution in [0.25, 0.3) is 6.08 Å². The van der Waals surface area contributed by atoms with Gasteiger partial charge < -0.3 is 20.1 Å². The first kappa shape index (κ1) is 21.7. The van der Waals surface area contributed by atoms with Gasteiger partial charge in [-0.3, -0.25) is 4.79 Å². The lowest BCUT2D eigenvalue weighted by Gasteiger charge is -2.40. The topological polar surface area (TPSA) is 87.0 Å². The van der Waals surface area contributed by atoms with Crippen LogP contribution in [0.15, 0.2) is 54.1 Å². The highest BCUT2D eigenvalue weighted by molar-refractivity contribution is 6.09. The molecule has 0 aromatic heterocycles. The van der Waals surface area contributed by atoms with Crippen LogP contribution in [-0.4, -0.2) is 32.8 Å². The Labute approximate surface area is 177 Å². The molecule has 1 heterocycles. The largest absolute Gasteiger partial charge is 0.508 e. The molecule has 1 aliphatic rings. The Hall–Kier alpha value is -3.05. The average molecular weight is 408 g/mol. The quantitative estimate of drug-likeness (QED) is 0.363. The molecule has 0 aliphatic carbocycles. The number of fused-ring (bicyclic) bond motifs is 1. The minimum absolute atomic E-state index is 0.00876. The molecule has 3 rings (SSSR count). The van der Waals surface area contributed by atoms with Gasteiger partial charge in [-0.15, -0.1) is 0 Å². The molecule has 0 fully saturated rings. The minimum atomic E-state index is -0.859. The van der Waals surface area contributed by atoms with Crippen molar-refractivity contribution in [3.63, 3.8) is 0 Å². The molecule has 0 radical (unpaired) electrons. The van der Waals surface area contributed by atoms with Gasteiger partial charge in [0.2, 0.25) is 0 Å². The summed E-state index contributed by atoms with van der Waals surface area (Å²) in [5.74, 6) is 0.239. The molecule has 2 unspecified atom stereocenters. The number of aromatic hydroxyl groups is 2. The zero-order chi connectivity index (χ0) is 21.9. The Bertz CT molecular complexity index is 983. The molecular formula is C25H28O5. The van der Waals surface area contributed by atoms with Crippen LogP contribution in [0.2, 0.25) is 0 Å². The maximum atomic E-state index is 12.9. The van der Waals surface area contributed by atoms with Crippen LogP contribution in [0.3, 0.4) is 0 Å². The number of ether oxygens (including phenoxy) is 1. The smallest absolute Gasteiger partial charge is 0.189 e. The molecular weight excluding hydrogens is 380 g/mol. The zero-order valence-electron chi connectivity index (χ0n) is 17.6. The average Bonchev–Trinajstić information content (AvgIpc) is 2.69. The number of benzene rings is 2. The number of carbonyl (C=O) groups is 1. The van der Waals surface area contributed by atoms with E-state index in [0.29, 0.717) is 23.3 Å². The van der Waals surface area contributed by atoms with E-state index >= 15 is 0 Å². The van der Waals surface area contributed by atoms with E-state index in [2.05, 4.69) is 6.08 Å². The van der Waals surface area contributed by atoms with Crippen molar-refractivity contribution in [2.45, 2.75) is 51.7 Å². The second-order valence-corrected chi connectivity index (χ2v) is 8.18. The number of phenols is 2. The fourth-order valence-electron chi connectivity index (χ4n) is 3.55. The standard InChI is InChI=1S/C25H28O5/c1-16(2)5-4-14-25(3)23(29)15-20-22(28)13-11-19(24(20)30-25)21(27)12-8-17-6-9-18(26)10-7-17/h5-13,23,26,28-29H,4,14-15H2,1-3H3. The molecule has 5 nitrogen and oxygen atoms in total. The molecule has 0 spiro atoms. The number of ketones is 1. The molecule has 30 heavy (non-hydrogen) atoms. The number of hydrogen-bond acceptors (Lipinski definition) is 5. The van der Waals surface area contributed by atoms with Crippen molar-refractivity contribution in [3.05, 3.63) is 70.8 Å². The molecule has 0 saturated carbocycles. The Kier molecular flexibility index (Phi) is 6.32. The Morgan fingerprint density at radius 3 is 2.53 bits per heavy atom. The predicted molar refractivity (Wildman–Crippen MR) is 117 cm³/mol. The lowest BCUT2D eigenvalue weighted by atomic mass is 9.84. The number of allylic oxidation sites excluding steroid dienone is 3. The van der Waals surface area contributed by atoms with Gasteiger partial charge in [0.15, 0.2) is 5.78 Å². The van der Waals surface area contributed by atoms with Crippen LogP contribution < -0.4 is 4.74 Å². The van der Waals surface area contributed by atoms with Crippen LogP contribution in [0.5, 0.6) is 17.2 Å². The minimum Gasteiger partial charge on any atom is -0.508 e. The Morgan fingerprint density at radius 2 is 1.87 bits per heavy atom. The first-order valence-corrected chi connectivity index (χ1v) is 10.1. The predicted octanol–water partition coefficient (Wildman–Crippen LogP) is 4.79. The van der Waals surface area contributed by atoms with Crippen LogP contribution >= 0.6 is 0 Å². The maximum absolute atomic E-state index is 12.9. The van der Waals surface area contributed by atoms with Gasteiger partial charge in [0, 0.05) is 12.0 Å². The van der Waals surface area contributed by atoms with E-state index in [9.17, 15) is 20.1 Å². The fraction of sp³-hybridized carbons (Fsp3) is 0.320. The summed E-state index contributed by atoms with van der Waals surface area (Å²) in [5.41, 5.74) is 1.90. The summed E-state index contributed by atoms with van der Waals surface area (Å²) >= 11 is 0. The van der Waals surface area contributed by atoms with E-state index in [1.54, 1.807) is 36.4 Å². The van der Waals surface area contributed by atoms with Crippen molar-refractivity contribution in [1.82, 2.24) is 0 Å². The SMILES string of the molecule is CC(C)=CCCC1(C)Oc2c(C(=O)C=Cc3ccc(O)cc3)ccc(O)c2CC1O. The van der Waals surface area contributed by atoms with Crippen LogP contribution in [0.1, 0.15) is 55.1 Å². The van der Waals surface area contributed by atoms with E-state index in [-0.39, 0.29) is 23.7 Å². The van der Waals surface area contributed by atoms with Gasteiger partial charge in [-0.2, -0.15) is 0 Å².